The Labute approximate surface area is 161 Å². The number of furan rings is 1. The van der Waals surface area contributed by atoms with Gasteiger partial charge in [-0.1, -0.05) is 6.42 Å². The maximum absolute atomic E-state index is 12.3. The molecule has 146 valence electrons. The zero-order valence-corrected chi connectivity index (χ0v) is 16.6. The summed E-state index contributed by atoms with van der Waals surface area (Å²) >= 11 is 0. The summed E-state index contributed by atoms with van der Waals surface area (Å²) in [5.74, 6) is 2.55. The summed E-state index contributed by atoms with van der Waals surface area (Å²) in [6.45, 7) is 4.44. The Bertz CT molecular complexity index is 741. The molecule has 3 heterocycles. The lowest BCUT2D eigenvalue weighted by molar-refractivity contribution is 0.0945. The van der Waals surface area contributed by atoms with Crippen molar-refractivity contribution in [2.45, 2.75) is 45.2 Å². The molecule has 2 aromatic rings. The van der Waals surface area contributed by atoms with E-state index >= 15 is 0 Å². The maximum Gasteiger partial charge on any atom is 0.252 e. The molecule has 0 spiro atoms. The van der Waals surface area contributed by atoms with E-state index in [1.165, 1.54) is 19.3 Å². The van der Waals surface area contributed by atoms with Gasteiger partial charge in [0.2, 0.25) is 0 Å². The van der Waals surface area contributed by atoms with Crippen LogP contribution in [0, 0.1) is 6.92 Å². The van der Waals surface area contributed by atoms with Crippen molar-refractivity contribution in [3.8, 4) is 0 Å². The predicted molar refractivity (Wildman–Crippen MR) is 107 cm³/mol. The summed E-state index contributed by atoms with van der Waals surface area (Å²) in [6, 6.07) is 8.21. The Kier molecular flexibility index (Phi) is 6.50. The van der Waals surface area contributed by atoms with Crippen LogP contribution in [0.4, 0.5) is 5.82 Å². The van der Waals surface area contributed by atoms with Crippen molar-refractivity contribution in [2.75, 3.05) is 32.1 Å². The average molecular weight is 370 g/mol. The van der Waals surface area contributed by atoms with Crippen LogP contribution >= 0.6 is 0 Å². The van der Waals surface area contributed by atoms with Gasteiger partial charge in [-0.05, 0) is 64.0 Å². The first kappa shape index (κ1) is 19.4. The van der Waals surface area contributed by atoms with Crippen LogP contribution in [-0.2, 0) is 6.54 Å². The molecule has 2 aromatic heterocycles. The van der Waals surface area contributed by atoms with E-state index in [1.807, 2.05) is 43.1 Å². The third-order valence-electron chi connectivity index (χ3n) is 5.27. The standard InChI is InChI=1S/C21H30N4O2/c1-16-7-9-19(27-16)15-25(3)20-10-8-17(14-23-20)21(26)22-12-11-18-6-4-5-13-24(18)2/h7-10,14,18H,4-6,11-13,15H2,1-3H3,(H,22,26)/t18-/m0/s1. The van der Waals surface area contributed by atoms with Crippen molar-refractivity contribution in [2.24, 2.45) is 0 Å². The highest BCUT2D eigenvalue weighted by Gasteiger charge is 2.18. The summed E-state index contributed by atoms with van der Waals surface area (Å²) in [5, 5.41) is 3.02. The van der Waals surface area contributed by atoms with Crippen molar-refractivity contribution >= 4 is 11.7 Å². The van der Waals surface area contributed by atoms with Gasteiger partial charge in [-0.25, -0.2) is 4.98 Å². The molecule has 1 amide bonds. The van der Waals surface area contributed by atoms with E-state index in [1.54, 1.807) is 6.20 Å². The summed E-state index contributed by atoms with van der Waals surface area (Å²) < 4.78 is 5.60. The molecule has 0 unspecified atom stereocenters. The smallest absolute Gasteiger partial charge is 0.252 e. The van der Waals surface area contributed by atoms with Gasteiger partial charge in [-0.15, -0.1) is 0 Å². The van der Waals surface area contributed by atoms with Crippen LogP contribution in [0.3, 0.4) is 0 Å². The highest BCUT2D eigenvalue weighted by molar-refractivity contribution is 5.94. The number of pyridine rings is 1. The van der Waals surface area contributed by atoms with E-state index in [0.717, 1.165) is 30.3 Å². The number of carbonyl (C=O) groups is 1. The summed E-state index contributed by atoms with van der Waals surface area (Å²) in [4.78, 5) is 21.2. The third kappa shape index (κ3) is 5.32. The molecule has 1 fully saturated rings. The quantitative estimate of drug-likeness (QED) is 0.811. The first-order valence-corrected chi connectivity index (χ1v) is 9.74. The molecular formula is C21H30N4O2. The third-order valence-corrected chi connectivity index (χ3v) is 5.27. The van der Waals surface area contributed by atoms with Gasteiger partial charge in [0.15, 0.2) is 0 Å². The molecule has 0 radical (unpaired) electrons. The number of carbonyl (C=O) groups excluding carboxylic acids is 1. The summed E-state index contributed by atoms with van der Waals surface area (Å²) in [6.07, 6.45) is 6.44. The van der Waals surface area contributed by atoms with Gasteiger partial charge in [-0.2, -0.15) is 0 Å². The number of aryl methyl sites for hydroxylation is 1. The second kappa shape index (κ2) is 9.04. The second-order valence-electron chi connectivity index (χ2n) is 7.45. The number of aromatic nitrogens is 1. The van der Waals surface area contributed by atoms with Crippen molar-refractivity contribution in [3.63, 3.8) is 0 Å². The van der Waals surface area contributed by atoms with Gasteiger partial charge in [0.1, 0.15) is 17.3 Å². The molecule has 1 N–H and O–H groups in total. The molecular weight excluding hydrogens is 340 g/mol. The number of hydrogen-bond donors (Lipinski definition) is 1. The Morgan fingerprint density at radius 2 is 2.19 bits per heavy atom. The lowest BCUT2D eigenvalue weighted by Crippen LogP contribution is -2.39. The molecule has 1 saturated heterocycles. The van der Waals surface area contributed by atoms with Crippen LogP contribution in [-0.4, -0.2) is 49.0 Å². The number of likely N-dealkylation sites (tertiary alicyclic amines) is 1. The van der Waals surface area contributed by atoms with Crippen LogP contribution in [0.2, 0.25) is 0 Å². The van der Waals surface area contributed by atoms with Crippen molar-refractivity contribution in [1.29, 1.82) is 0 Å². The highest BCUT2D eigenvalue weighted by Crippen LogP contribution is 2.17. The molecule has 3 rings (SSSR count). The average Bonchev–Trinajstić information content (AvgIpc) is 3.08. The van der Waals surface area contributed by atoms with Crippen molar-refractivity contribution in [3.05, 3.63) is 47.5 Å². The minimum atomic E-state index is -0.0585. The summed E-state index contributed by atoms with van der Waals surface area (Å²) in [7, 11) is 4.13. The Hall–Kier alpha value is -2.34. The lowest BCUT2D eigenvalue weighted by atomic mass is 10.0. The number of nitrogens with zero attached hydrogens (tertiary/aromatic N) is 3. The van der Waals surface area contributed by atoms with E-state index in [4.69, 9.17) is 4.42 Å². The lowest BCUT2D eigenvalue weighted by Gasteiger charge is -2.32. The van der Waals surface area contributed by atoms with E-state index in [0.29, 0.717) is 24.7 Å². The predicted octanol–water partition coefficient (Wildman–Crippen LogP) is 3.22. The molecule has 1 aliphatic heterocycles. The van der Waals surface area contributed by atoms with Gasteiger partial charge in [0.25, 0.3) is 5.91 Å². The fourth-order valence-corrected chi connectivity index (χ4v) is 3.59. The van der Waals surface area contributed by atoms with Gasteiger partial charge >= 0.3 is 0 Å². The van der Waals surface area contributed by atoms with Gasteiger partial charge in [-0.3, -0.25) is 4.79 Å². The van der Waals surface area contributed by atoms with Crippen molar-refractivity contribution in [1.82, 2.24) is 15.2 Å². The van der Waals surface area contributed by atoms with E-state index in [-0.39, 0.29) is 5.91 Å². The Morgan fingerprint density at radius 3 is 2.85 bits per heavy atom. The topological polar surface area (TPSA) is 61.6 Å². The summed E-state index contributed by atoms with van der Waals surface area (Å²) in [5.41, 5.74) is 0.595. The van der Waals surface area contributed by atoms with E-state index in [2.05, 4.69) is 22.2 Å². The molecule has 1 aliphatic rings. The fourth-order valence-electron chi connectivity index (χ4n) is 3.59. The molecule has 0 aliphatic carbocycles. The van der Waals surface area contributed by atoms with Crippen LogP contribution in [0.15, 0.2) is 34.9 Å². The molecule has 6 nitrogen and oxygen atoms in total. The van der Waals surface area contributed by atoms with Crippen molar-refractivity contribution < 1.29 is 9.21 Å². The normalized spacial score (nSPS) is 17.7. The minimum absolute atomic E-state index is 0.0585. The number of anilines is 1. The fraction of sp³-hybridized carbons (Fsp3) is 0.524. The number of piperidine rings is 1. The molecule has 6 heteroatoms. The number of hydrogen-bond acceptors (Lipinski definition) is 5. The van der Waals surface area contributed by atoms with Crippen LogP contribution < -0.4 is 10.2 Å². The number of nitrogens with one attached hydrogen (secondary N) is 1. The van der Waals surface area contributed by atoms with Crippen LogP contribution in [0.5, 0.6) is 0 Å². The maximum atomic E-state index is 12.3. The highest BCUT2D eigenvalue weighted by atomic mass is 16.3. The molecule has 0 aromatic carbocycles. The van der Waals surface area contributed by atoms with E-state index < -0.39 is 0 Å². The van der Waals surface area contributed by atoms with Crippen LogP contribution in [0.25, 0.3) is 0 Å². The zero-order chi connectivity index (χ0) is 19.2. The molecule has 0 saturated carbocycles. The first-order valence-electron chi connectivity index (χ1n) is 9.74. The molecule has 1 atom stereocenters. The first-order chi connectivity index (χ1) is 13.0. The zero-order valence-electron chi connectivity index (χ0n) is 16.6. The number of amides is 1. The largest absolute Gasteiger partial charge is 0.464 e. The molecule has 27 heavy (non-hydrogen) atoms. The molecule has 0 bridgehead atoms. The monoisotopic (exact) mass is 370 g/mol. The minimum Gasteiger partial charge on any atom is -0.464 e. The van der Waals surface area contributed by atoms with Crippen LogP contribution in [0.1, 0.15) is 47.6 Å². The Balaban J connectivity index is 1.48. The van der Waals surface area contributed by atoms with Gasteiger partial charge in [0.05, 0.1) is 12.1 Å². The van der Waals surface area contributed by atoms with Gasteiger partial charge in [0, 0.05) is 25.8 Å². The van der Waals surface area contributed by atoms with E-state index in [9.17, 15) is 4.79 Å². The number of rotatable bonds is 7. The SMILES string of the molecule is Cc1ccc(CN(C)c2ccc(C(=O)NCC[C@@H]3CCCCN3C)cn2)o1. The second-order valence-corrected chi connectivity index (χ2v) is 7.45. The Morgan fingerprint density at radius 1 is 1.33 bits per heavy atom. The van der Waals surface area contributed by atoms with Gasteiger partial charge < -0.3 is 19.5 Å².